The molecule has 4 rings (SSSR count). The number of carboxylic acids is 1. The van der Waals surface area contributed by atoms with Crippen molar-refractivity contribution < 1.29 is 14.7 Å². The molecule has 0 radical (unpaired) electrons. The van der Waals surface area contributed by atoms with E-state index in [1.54, 1.807) is 12.3 Å². The number of H-pyrrole nitrogens is 1. The van der Waals surface area contributed by atoms with Gasteiger partial charge in [0.25, 0.3) is 0 Å². The second kappa shape index (κ2) is 10.7. The second-order valence-corrected chi connectivity index (χ2v) is 8.76. The van der Waals surface area contributed by atoms with Crippen molar-refractivity contribution in [3.8, 4) is 22.4 Å². The maximum Gasteiger partial charge on any atom is 0.304 e. The number of carboxylic acid groups (broad SMARTS) is 1. The van der Waals surface area contributed by atoms with Crippen molar-refractivity contribution in [2.45, 2.75) is 19.4 Å². The average molecular weight is 474 g/mol. The molecule has 0 aliphatic rings. The van der Waals surface area contributed by atoms with Crippen molar-refractivity contribution in [2.75, 3.05) is 0 Å². The summed E-state index contributed by atoms with van der Waals surface area (Å²) in [5.74, 6) is -1.98. The Labute approximate surface area is 200 Å². The van der Waals surface area contributed by atoms with Crippen molar-refractivity contribution in [1.29, 1.82) is 0 Å². The number of aromatic nitrogens is 2. The Morgan fingerprint density at radius 3 is 2.44 bits per heavy atom. The average Bonchev–Trinajstić information content (AvgIpc) is 3.32. The second-order valence-electron chi connectivity index (χ2n) is 7.82. The highest BCUT2D eigenvalue weighted by Crippen LogP contribution is 2.32. The summed E-state index contributed by atoms with van der Waals surface area (Å²) >= 11 is 1.42. The Morgan fingerprint density at radius 1 is 1.00 bits per heavy atom. The molecule has 1 atom stereocenters. The van der Waals surface area contributed by atoms with Crippen LogP contribution in [0.5, 0.6) is 0 Å². The smallest absolute Gasteiger partial charge is 0.304 e. The predicted molar refractivity (Wildman–Crippen MR) is 131 cm³/mol. The minimum Gasteiger partial charge on any atom is -0.481 e. The van der Waals surface area contributed by atoms with Crippen LogP contribution >= 0.6 is 11.3 Å². The summed E-state index contributed by atoms with van der Waals surface area (Å²) in [7, 11) is 0. The van der Waals surface area contributed by atoms with Gasteiger partial charge < -0.3 is 15.4 Å². The van der Waals surface area contributed by atoms with Crippen LogP contribution < -0.4 is 10.9 Å². The van der Waals surface area contributed by atoms with Gasteiger partial charge in [-0.3, -0.25) is 14.4 Å². The van der Waals surface area contributed by atoms with E-state index in [9.17, 15) is 19.5 Å². The number of nitrogens with zero attached hydrogens (tertiary/aromatic N) is 1. The number of carbonyl (C=O) groups excluding carboxylic acids is 1. The molecular formula is C26H23N3O4S. The van der Waals surface area contributed by atoms with Crippen LogP contribution in [0.25, 0.3) is 22.4 Å². The van der Waals surface area contributed by atoms with E-state index in [0.29, 0.717) is 11.4 Å². The van der Waals surface area contributed by atoms with Crippen molar-refractivity contribution in [2.24, 2.45) is 5.92 Å². The van der Waals surface area contributed by atoms with Gasteiger partial charge >= 0.3 is 5.97 Å². The molecule has 0 fully saturated rings. The molecule has 172 valence electrons. The van der Waals surface area contributed by atoms with Crippen molar-refractivity contribution >= 4 is 23.2 Å². The third kappa shape index (κ3) is 5.85. The first-order valence-electron chi connectivity index (χ1n) is 10.8. The van der Waals surface area contributed by atoms with Crippen LogP contribution in [0.3, 0.4) is 0 Å². The third-order valence-electron chi connectivity index (χ3n) is 5.38. The Morgan fingerprint density at radius 2 is 1.74 bits per heavy atom. The van der Waals surface area contributed by atoms with Gasteiger partial charge in [-0.05, 0) is 29.2 Å². The largest absolute Gasteiger partial charge is 0.481 e. The van der Waals surface area contributed by atoms with Gasteiger partial charge in [0, 0.05) is 23.2 Å². The number of amides is 1. The van der Waals surface area contributed by atoms with Gasteiger partial charge in [0.05, 0.1) is 24.6 Å². The van der Waals surface area contributed by atoms with Crippen molar-refractivity contribution in [3.63, 3.8) is 0 Å². The molecule has 1 amide bonds. The van der Waals surface area contributed by atoms with Crippen LogP contribution in [0.2, 0.25) is 0 Å². The van der Waals surface area contributed by atoms with E-state index in [0.717, 1.165) is 27.9 Å². The van der Waals surface area contributed by atoms with Crippen molar-refractivity contribution in [3.05, 3.63) is 99.2 Å². The third-order valence-corrected chi connectivity index (χ3v) is 6.23. The Kier molecular flexibility index (Phi) is 7.29. The van der Waals surface area contributed by atoms with E-state index in [1.165, 1.54) is 17.4 Å². The normalized spacial score (nSPS) is 11.6. The van der Waals surface area contributed by atoms with Gasteiger partial charge in [0.1, 0.15) is 5.01 Å². The molecular weight excluding hydrogens is 450 g/mol. The van der Waals surface area contributed by atoms with Crippen molar-refractivity contribution in [1.82, 2.24) is 15.3 Å². The first kappa shape index (κ1) is 23.1. The fraction of sp³-hybridized carbons (Fsp3) is 0.154. The summed E-state index contributed by atoms with van der Waals surface area (Å²) in [5, 5.41) is 14.7. The number of rotatable bonds is 9. The quantitative estimate of drug-likeness (QED) is 0.339. The summed E-state index contributed by atoms with van der Waals surface area (Å²) in [6.45, 7) is 0.217. The predicted octanol–water partition coefficient (Wildman–Crippen LogP) is 4.12. The first-order chi connectivity index (χ1) is 16.5. The van der Waals surface area contributed by atoms with E-state index in [4.69, 9.17) is 0 Å². The summed E-state index contributed by atoms with van der Waals surface area (Å²) in [6, 6.07) is 20.4. The number of carbonyl (C=O) groups is 2. The lowest BCUT2D eigenvalue weighted by Gasteiger charge is -2.14. The van der Waals surface area contributed by atoms with Gasteiger partial charge in [0.2, 0.25) is 11.5 Å². The molecule has 34 heavy (non-hydrogen) atoms. The molecule has 3 N–H and O–H groups in total. The number of hydrogen-bond acceptors (Lipinski definition) is 5. The van der Waals surface area contributed by atoms with Gasteiger partial charge in [0.15, 0.2) is 0 Å². The number of nitrogens with one attached hydrogen (secondary N) is 2. The van der Waals surface area contributed by atoms with E-state index >= 15 is 0 Å². The molecule has 2 heterocycles. The molecule has 0 saturated heterocycles. The van der Waals surface area contributed by atoms with E-state index in [2.05, 4.69) is 15.3 Å². The Balaban J connectivity index is 1.47. The molecule has 1 unspecified atom stereocenters. The number of aromatic amines is 1. The summed E-state index contributed by atoms with van der Waals surface area (Å²) in [4.78, 5) is 42.9. The summed E-state index contributed by atoms with van der Waals surface area (Å²) in [5.41, 5.74) is 4.24. The minimum absolute atomic E-state index is 0.165. The molecule has 2 aromatic heterocycles. The van der Waals surface area contributed by atoms with Gasteiger partial charge in [-0.2, -0.15) is 0 Å². The Hall–Kier alpha value is -4.04. The lowest BCUT2D eigenvalue weighted by Crippen LogP contribution is -2.33. The lowest BCUT2D eigenvalue weighted by atomic mass is 9.95. The zero-order valence-electron chi connectivity index (χ0n) is 18.2. The topological polar surface area (TPSA) is 112 Å². The molecule has 7 nitrogen and oxygen atoms in total. The Bertz CT molecular complexity index is 1330. The lowest BCUT2D eigenvalue weighted by molar-refractivity contribution is -0.141. The van der Waals surface area contributed by atoms with Gasteiger partial charge in [-0.1, -0.05) is 54.6 Å². The van der Waals surface area contributed by atoms with E-state index in [-0.39, 0.29) is 24.4 Å². The standard InChI is InChI=1S/C26H23N3O4S/c30-23-11-10-18(14-27-23)20-8-4-5-9-21(20)22-16-34-24(29-22)15-28-26(33)19(13-25(31)32)12-17-6-2-1-3-7-17/h1-11,14,16,19H,12-13,15H2,(H,27,30)(H,28,33)(H,31,32). The molecule has 0 aliphatic carbocycles. The molecule has 0 saturated carbocycles. The van der Waals surface area contributed by atoms with Crippen LogP contribution in [0.1, 0.15) is 17.0 Å². The first-order valence-corrected chi connectivity index (χ1v) is 11.6. The monoisotopic (exact) mass is 473 g/mol. The number of aliphatic carboxylic acids is 1. The number of pyridine rings is 1. The van der Waals surface area contributed by atoms with Crippen LogP contribution in [-0.2, 0) is 22.6 Å². The SMILES string of the molecule is O=C(O)CC(Cc1ccccc1)C(=O)NCc1nc(-c2ccccc2-c2ccc(=O)[nH]c2)cs1. The maximum atomic E-state index is 12.8. The summed E-state index contributed by atoms with van der Waals surface area (Å²) in [6.07, 6.45) is 1.79. The number of hydrogen-bond donors (Lipinski definition) is 3. The van der Waals surface area contributed by atoms with Crippen LogP contribution in [0.4, 0.5) is 0 Å². The highest BCUT2D eigenvalue weighted by molar-refractivity contribution is 7.09. The highest BCUT2D eigenvalue weighted by atomic mass is 32.1. The zero-order chi connectivity index (χ0) is 23.9. The van der Waals surface area contributed by atoms with Crippen LogP contribution in [0, 0.1) is 5.92 Å². The van der Waals surface area contributed by atoms with Crippen LogP contribution in [-0.4, -0.2) is 27.0 Å². The molecule has 0 bridgehead atoms. The molecule has 4 aromatic rings. The zero-order valence-corrected chi connectivity index (χ0v) is 19.0. The number of benzene rings is 2. The van der Waals surface area contributed by atoms with Gasteiger partial charge in [-0.25, -0.2) is 4.98 Å². The van der Waals surface area contributed by atoms with Crippen LogP contribution in [0.15, 0.2) is 83.1 Å². The van der Waals surface area contributed by atoms with Gasteiger partial charge in [-0.15, -0.1) is 11.3 Å². The fourth-order valence-corrected chi connectivity index (χ4v) is 4.46. The molecule has 0 aliphatic heterocycles. The molecule has 0 spiro atoms. The van der Waals surface area contributed by atoms with E-state index < -0.39 is 11.9 Å². The maximum absolute atomic E-state index is 12.8. The minimum atomic E-state index is -1.01. The highest BCUT2D eigenvalue weighted by Gasteiger charge is 2.22. The molecule has 8 heteroatoms. The number of thiazole rings is 1. The molecule has 2 aromatic carbocycles. The van der Waals surface area contributed by atoms with E-state index in [1.807, 2.05) is 60.0 Å². The fourth-order valence-electron chi connectivity index (χ4n) is 3.73. The summed E-state index contributed by atoms with van der Waals surface area (Å²) < 4.78 is 0.